The Kier molecular flexibility index (Phi) is 20.4. The molecule has 204 valence electrons. The molecule has 1 aliphatic carbocycles. The Balaban J connectivity index is 0.00000612. The second kappa shape index (κ2) is 22.3. The van der Waals surface area contributed by atoms with Crippen LogP contribution in [0.4, 0.5) is 0 Å². The molecule has 1 fully saturated rings. The molecule has 0 bridgehead atoms. The highest BCUT2D eigenvalue weighted by molar-refractivity contribution is 5.85. The van der Waals surface area contributed by atoms with Gasteiger partial charge >= 0.3 is 0 Å². The van der Waals surface area contributed by atoms with Gasteiger partial charge in [-0.1, -0.05) is 25.3 Å². The highest BCUT2D eigenvalue weighted by atomic mass is 35.5. The van der Waals surface area contributed by atoms with Crippen LogP contribution >= 0.6 is 12.4 Å². The highest BCUT2D eigenvalue weighted by Gasteiger charge is 2.14. The molecule has 1 saturated carbocycles. The van der Waals surface area contributed by atoms with Crippen LogP contribution in [0.15, 0.2) is 18.2 Å². The van der Waals surface area contributed by atoms with Crippen molar-refractivity contribution in [2.45, 2.75) is 70.9 Å². The van der Waals surface area contributed by atoms with Crippen molar-refractivity contribution in [1.29, 1.82) is 0 Å². The van der Waals surface area contributed by atoms with Crippen molar-refractivity contribution >= 4 is 12.4 Å². The van der Waals surface area contributed by atoms with Crippen molar-refractivity contribution in [2.24, 2.45) is 17.4 Å². The minimum Gasteiger partial charge on any atom is -0.493 e. The lowest BCUT2D eigenvalue weighted by Gasteiger charge is -2.22. The van der Waals surface area contributed by atoms with Gasteiger partial charge in [-0.3, -0.25) is 0 Å². The Morgan fingerprint density at radius 2 is 1.14 bits per heavy atom. The Morgan fingerprint density at radius 1 is 0.657 bits per heavy atom. The van der Waals surface area contributed by atoms with Crippen LogP contribution < -0.4 is 37.5 Å². The van der Waals surface area contributed by atoms with Crippen LogP contribution in [0, 0.1) is 5.92 Å². The topological polar surface area (TPSA) is 109 Å². The third-order valence-corrected chi connectivity index (χ3v) is 6.42. The van der Waals surface area contributed by atoms with Gasteiger partial charge in [0.2, 0.25) is 0 Å². The zero-order valence-electron chi connectivity index (χ0n) is 21.9. The zero-order chi connectivity index (χ0) is 24.1. The lowest BCUT2D eigenvalue weighted by Crippen LogP contribution is -2.24. The van der Waals surface area contributed by atoms with E-state index in [1.165, 1.54) is 43.2 Å². The first-order valence-corrected chi connectivity index (χ1v) is 13.8. The van der Waals surface area contributed by atoms with E-state index in [2.05, 4.69) is 39.5 Å². The minimum absolute atomic E-state index is 0. The molecule has 0 aliphatic heterocycles. The fourth-order valence-corrected chi connectivity index (χ4v) is 4.43. The molecule has 1 aromatic carbocycles. The number of ether oxygens (including phenoxy) is 1. The average Bonchev–Trinajstić information content (AvgIpc) is 2.86. The van der Waals surface area contributed by atoms with E-state index in [4.69, 9.17) is 16.2 Å². The van der Waals surface area contributed by atoms with Gasteiger partial charge in [-0.25, -0.2) is 0 Å². The van der Waals surface area contributed by atoms with Gasteiger partial charge in [0.15, 0.2) is 0 Å². The molecule has 1 aliphatic rings. The van der Waals surface area contributed by atoms with Crippen LogP contribution in [0.2, 0.25) is 0 Å². The van der Waals surface area contributed by atoms with Gasteiger partial charge in [-0.2, -0.15) is 0 Å². The molecule has 8 N–H and O–H groups in total. The number of nitrogens with one attached hydrogen (secondary N) is 4. The molecule has 1 aromatic rings. The summed E-state index contributed by atoms with van der Waals surface area (Å²) in [6.07, 6.45) is 11.1. The summed E-state index contributed by atoms with van der Waals surface area (Å²) in [7, 11) is 0. The molecule has 2 rings (SSSR count). The van der Waals surface area contributed by atoms with Crippen molar-refractivity contribution in [3.05, 3.63) is 29.3 Å². The number of halogens is 1. The first-order valence-electron chi connectivity index (χ1n) is 13.8. The quantitative estimate of drug-likeness (QED) is 0.140. The molecule has 8 heteroatoms. The van der Waals surface area contributed by atoms with E-state index in [9.17, 15) is 0 Å². The molecule has 0 radical (unpaired) electrons. The summed E-state index contributed by atoms with van der Waals surface area (Å²) in [5.74, 6) is 1.74. The average molecular weight is 513 g/mol. The van der Waals surface area contributed by atoms with Gasteiger partial charge in [0.1, 0.15) is 5.75 Å². The van der Waals surface area contributed by atoms with E-state index >= 15 is 0 Å². The van der Waals surface area contributed by atoms with E-state index in [-0.39, 0.29) is 12.4 Å². The van der Waals surface area contributed by atoms with E-state index < -0.39 is 0 Å². The highest BCUT2D eigenvalue weighted by Crippen LogP contribution is 2.25. The Labute approximate surface area is 220 Å². The summed E-state index contributed by atoms with van der Waals surface area (Å²) in [4.78, 5) is 0. The van der Waals surface area contributed by atoms with Gasteiger partial charge in [0, 0.05) is 13.1 Å². The summed E-state index contributed by atoms with van der Waals surface area (Å²) in [5, 5.41) is 14.1. The predicted octanol–water partition coefficient (Wildman–Crippen LogP) is 2.90. The Bertz CT molecular complexity index is 577. The molecule has 0 unspecified atom stereocenters. The van der Waals surface area contributed by atoms with E-state index in [0.717, 1.165) is 109 Å². The number of benzene rings is 1. The Morgan fingerprint density at radius 3 is 1.66 bits per heavy atom. The number of nitrogens with two attached hydrogens (primary N) is 2. The third kappa shape index (κ3) is 16.4. The summed E-state index contributed by atoms with van der Waals surface area (Å²) in [5.41, 5.74) is 13.7. The lowest BCUT2D eigenvalue weighted by atomic mass is 9.90. The summed E-state index contributed by atoms with van der Waals surface area (Å²) in [6.45, 7) is 10.2. The maximum absolute atomic E-state index is 6.30. The van der Waals surface area contributed by atoms with E-state index in [1.54, 1.807) is 0 Å². The maximum Gasteiger partial charge on any atom is 0.119 e. The second-order valence-corrected chi connectivity index (χ2v) is 9.65. The molecule has 0 atom stereocenters. The van der Waals surface area contributed by atoms with Crippen molar-refractivity contribution in [3.8, 4) is 5.75 Å². The van der Waals surface area contributed by atoms with Gasteiger partial charge in [-0.05, 0) is 120 Å². The third-order valence-electron chi connectivity index (χ3n) is 6.42. The second-order valence-electron chi connectivity index (χ2n) is 9.65. The van der Waals surface area contributed by atoms with E-state index in [1.807, 2.05) is 0 Å². The fourth-order valence-electron chi connectivity index (χ4n) is 4.43. The molecule has 0 spiro atoms. The van der Waals surface area contributed by atoms with Crippen molar-refractivity contribution in [3.63, 3.8) is 0 Å². The largest absolute Gasteiger partial charge is 0.493 e. The molecule has 0 amide bonds. The molecule has 0 aromatic heterocycles. The molecular weight excluding hydrogens is 460 g/mol. The predicted molar refractivity (Wildman–Crippen MR) is 151 cm³/mol. The molecular formula is C27H53ClN6O. The molecule has 0 heterocycles. The van der Waals surface area contributed by atoms with Gasteiger partial charge < -0.3 is 37.5 Å². The SMILES string of the molecule is Cl.NCCCNCCCNCc1cc(CNCCCNCCCN)cc(OCC2CCCCC2)c1. The lowest BCUT2D eigenvalue weighted by molar-refractivity contribution is 0.208. The van der Waals surface area contributed by atoms with Crippen LogP contribution in [0.5, 0.6) is 5.75 Å². The number of hydrogen-bond acceptors (Lipinski definition) is 7. The molecule has 35 heavy (non-hydrogen) atoms. The standard InChI is InChI=1S/C27H52N6O.ClH/c28-10-4-12-30-14-6-16-32-21-25-18-26(22-33-17-7-15-31-13-5-11-29)20-27(19-25)34-23-24-8-2-1-3-9-24;/h18-20,24,30-33H,1-17,21-23,28-29H2;1H. The molecule has 0 saturated heterocycles. The van der Waals surface area contributed by atoms with Crippen molar-refractivity contribution < 1.29 is 4.74 Å². The van der Waals surface area contributed by atoms with Crippen LogP contribution in [-0.4, -0.2) is 59.0 Å². The van der Waals surface area contributed by atoms with Gasteiger partial charge in [0.25, 0.3) is 0 Å². The van der Waals surface area contributed by atoms with Gasteiger partial charge in [0.05, 0.1) is 6.61 Å². The monoisotopic (exact) mass is 512 g/mol. The van der Waals surface area contributed by atoms with Crippen LogP contribution in [0.25, 0.3) is 0 Å². The maximum atomic E-state index is 6.30. The van der Waals surface area contributed by atoms with Crippen LogP contribution in [0.3, 0.4) is 0 Å². The smallest absolute Gasteiger partial charge is 0.119 e. The van der Waals surface area contributed by atoms with Crippen molar-refractivity contribution in [1.82, 2.24) is 21.3 Å². The summed E-state index contributed by atoms with van der Waals surface area (Å²) < 4.78 is 6.30. The van der Waals surface area contributed by atoms with Crippen molar-refractivity contribution in [2.75, 3.05) is 59.0 Å². The van der Waals surface area contributed by atoms with Gasteiger partial charge in [-0.15, -0.1) is 12.4 Å². The molecule has 7 nitrogen and oxygen atoms in total. The first-order chi connectivity index (χ1) is 16.8. The summed E-state index contributed by atoms with van der Waals surface area (Å²) >= 11 is 0. The number of rotatable bonds is 21. The summed E-state index contributed by atoms with van der Waals surface area (Å²) in [6, 6.07) is 6.76. The fraction of sp³-hybridized carbons (Fsp3) is 0.778. The van der Waals surface area contributed by atoms with Crippen LogP contribution in [0.1, 0.15) is 68.9 Å². The first kappa shape index (κ1) is 32.1. The minimum atomic E-state index is 0. The van der Waals surface area contributed by atoms with E-state index in [0.29, 0.717) is 0 Å². The number of hydrogen-bond donors (Lipinski definition) is 6. The zero-order valence-corrected chi connectivity index (χ0v) is 22.7. The van der Waals surface area contributed by atoms with Crippen LogP contribution in [-0.2, 0) is 13.1 Å². The Hall–Kier alpha value is -0.930. The normalized spacial score (nSPS) is 14.1.